The smallest absolute Gasteiger partial charge is 0.252 e. The van der Waals surface area contributed by atoms with Gasteiger partial charge in [0.1, 0.15) is 5.75 Å². The molecule has 0 radical (unpaired) electrons. The molecule has 0 amide bonds. The third kappa shape index (κ3) is 4.62. The number of H-pyrrole nitrogens is 1. The lowest BCUT2D eigenvalue weighted by molar-refractivity contribution is 0.415. The maximum Gasteiger partial charge on any atom is 0.252 e. The molecule has 0 aliphatic carbocycles. The maximum absolute atomic E-state index is 12.1. The Balaban J connectivity index is 1.51. The molecular weight excluding hydrogens is 364 g/mol. The van der Waals surface area contributed by atoms with E-state index in [2.05, 4.69) is 20.6 Å². The highest BCUT2D eigenvalue weighted by atomic mass is 16.5. The highest BCUT2D eigenvalue weighted by Crippen LogP contribution is 2.22. The molecular formula is C23H20N4O2. The van der Waals surface area contributed by atoms with E-state index in [0.29, 0.717) is 11.6 Å². The molecule has 0 spiro atoms. The van der Waals surface area contributed by atoms with Gasteiger partial charge in [0.25, 0.3) is 5.56 Å². The Morgan fingerprint density at radius 3 is 2.07 bits per heavy atom. The van der Waals surface area contributed by atoms with Crippen molar-refractivity contribution in [2.45, 2.75) is 0 Å². The van der Waals surface area contributed by atoms with Crippen LogP contribution in [0.4, 0.5) is 23.0 Å². The summed E-state index contributed by atoms with van der Waals surface area (Å²) in [6, 6.07) is 26.6. The Morgan fingerprint density at radius 1 is 0.793 bits per heavy atom. The number of hydrogen-bond donors (Lipinski definition) is 3. The third-order valence-corrected chi connectivity index (χ3v) is 4.34. The number of nitrogens with zero attached hydrogens (tertiary/aromatic N) is 1. The maximum atomic E-state index is 12.1. The predicted molar refractivity (Wildman–Crippen MR) is 116 cm³/mol. The van der Waals surface area contributed by atoms with Crippen molar-refractivity contribution in [1.82, 2.24) is 9.97 Å². The Labute approximate surface area is 168 Å². The van der Waals surface area contributed by atoms with Gasteiger partial charge in [-0.3, -0.25) is 9.78 Å². The summed E-state index contributed by atoms with van der Waals surface area (Å²) in [5, 5.41) is 6.48. The first-order valence-electron chi connectivity index (χ1n) is 9.14. The monoisotopic (exact) mass is 384 g/mol. The largest absolute Gasteiger partial charge is 0.497 e. The van der Waals surface area contributed by atoms with Gasteiger partial charge < -0.3 is 15.4 Å². The van der Waals surface area contributed by atoms with Crippen LogP contribution in [-0.4, -0.2) is 17.1 Å². The van der Waals surface area contributed by atoms with E-state index in [0.717, 1.165) is 28.4 Å². The lowest BCUT2D eigenvalue weighted by Crippen LogP contribution is -2.10. The molecule has 1 aromatic heterocycles. The first-order chi connectivity index (χ1) is 14.2. The summed E-state index contributed by atoms with van der Waals surface area (Å²) in [6.07, 6.45) is 0. The molecule has 3 aromatic carbocycles. The Kier molecular flexibility index (Phi) is 5.25. The topological polar surface area (TPSA) is 79.0 Å². The molecule has 0 saturated carbocycles. The minimum atomic E-state index is -0.226. The van der Waals surface area contributed by atoms with Crippen LogP contribution in [0.5, 0.6) is 5.75 Å². The number of anilines is 4. The quantitative estimate of drug-likeness (QED) is 0.439. The Hall–Kier alpha value is -4.06. The summed E-state index contributed by atoms with van der Waals surface area (Å²) in [6.45, 7) is 0. The average molecular weight is 384 g/mol. The standard InChI is InChI=1S/C23H20N4O2/c1-29-20-13-7-16(8-14-20)21-15-22(28)27-23(26-21)25-19-11-9-18(10-12-19)24-17-5-3-2-4-6-17/h2-15,24H,1H3,(H2,25,26,27,28). The van der Waals surface area contributed by atoms with Crippen LogP contribution in [0.15, 0.2) is 89.7 Å². The van der Waals surface area contributed by atoms with Crippen molar-refractivity contribution in [2.24, 2.45) is 0 Å². The normalized spacial score (nSPS) is 10.4. The van der Waals surface area contributed by atoms with Gasteiger partial charge in [-0.15, -0.1) is 0 Å². The van der Waals surface area contributed by atoms with Crippen molar-refractivity contribution >= 4 is 23.0 Å². The van der Waals surface area contributed by atoms with Crippen LogP contribution in [0.1, 0.15) is 0 Å². The van der Waals surface area contributed by atoms with Gasteiger partial charge in [0.2, 0.25) is 5.95 Å². The van der Waals surface area contributed by atoms with Crippen LogP contribution in [-0.2, 0) is 0 Å². The van der Waals surface area contributed by atoms with Crippen molar-refractivity contribution in [3.8, 4) is 17.0 Å². The predicted octanol–water partition coefficient (Wildman–Crippen LogP) is 4.93. The van der Waals surface area contributed by atoms with Crippen LogP contribution < -0.4 is 20.9 Å². The molecule has 29 heavy (non-hydrogen) atoms. The zero-order chi connectivity index (χ0) is 20.1. The van der Waals surface area contributed by atoms with Crippen LogP contribution in [0.3, 0.4) is 0 Å². The second-order valence-corrected chi connectivity index (χ2v) is 6.40. The van der Waals surface area contributed by atoms with E-state index in [1.807, 2.05) is 78.9 Å². The second kappa shape index (κ2) is 8.31. The molecule has 0 bridgehead atoms. The van der Waals surface area contributed by atoms with Crippen LogP contribution in [0, 0.1) is 0 Å². The summed E-state index contributed by atoms with van der Waals surface area (Å²) < 4.78 is 5.17. The minimum absolute atomic E-state index is 0.226. The fraction of sp³-hybridized carbons (Fsp3) is 0.0435. The zero-order valence-corrected chi connectivity index (χ0v) is 15.8. The van der Waals surface area contributed by atoms with Gasteiger partial charge in [0.05, 0.1) is 12.8 Å². The Morgan fingerprint density at radius 2 is 1.41 bits per heavy atom. The molecule has 144 valence electrons. The molecule has 6 heteroatoms. The van der Waals surface area contributed by atoms with E-state index < -0.39 is 0 Å². The molecule has 0 aliphatic rings. The van der Waals surface area contributed by atoms with Gasteiger partial charge in [-0.2, -0.15) is 0 Å². The van der Waals surface area contributed by atoms with Gasteiger partial charge in [-0.05, 0) is 60.7 Å². The minimum Gasteiger partial charge on any atom is -0.497 e. The van der Waals surface area contributed by atoms with E-state index in [9.17, 15) is 4.79 Å². The van der Waals surface area contributed by atoms with Crippen molar-refractivity contribution < 1.29 is 4.74 Å². The number of ether oxygens (including phenoxy) is 1. The van der Waals surface area contributed by atoms with E-state index in [1.54, 1.807) is 7.11 Å². The lowest BCUT2D eigenvalue weighted by atomic mass is 10.1. The van der Waals surface area contributed by atoms with E-state index in [-0.39, 0.29) is 5.56 Å². The zero-order valence-electron chi connectivity index (χ0n) is 15.8. The van der Waals surface area contributed by atoms with Crippen molar-refractivity contribution in [2.75, 3.05) is 17.7 Å². The van der Waals surface area contributed by atoms with Crippen LogP contribution >= 0.6 is 0 Å². The van der Waals surface area contributed by atoms with Crippen LogP contribution in [0.25, 0.3) is 11.3 Å². The summed E-state index contributed by atoms with van der Waals surface area (Å²) in [5.41, 5.74) is 4.00. The number of aromatic nitrogens is 2. The molecule has 4 aromatic rings. The third-order valence-electron chi connectivity index (χ3n) is 4.34. The summed E-state index contributed by atoms with van der Waals surface area (Å²) >= 11 is 0. The number of rotatable bonds is 6. The molecule has 0 saturated heterocycles. The molecule has 3 N–H and O–H groups in total. The molecule has 6 nitrogen and oxygen atoms in total. The van der Waals surface area contributed by atoms with Crippen molar-refractivity contribution in [3.63, 3.8) is 0 Å². The lowest BCUT2D eigenvalue weighted by Gasteiger charge is -2.10. The van der Waals surface area contributed by atoms with Crippen molar-refractivity contribution in [1.29, 1.82) is 0 Å². The molecule has 0 unspecified atom stereocenters. The molecule has 4 rings (SSSR count). The van der Waals surface area contributed by atoms with E-state index >= 15 is 0 Å². The fourth-order valence-electron chi connectivity index (χ4n) is 2.89. The molecule has 0 atom stereocenters. The first kappa shape index (κ1) is 18.3. The summed E-state index contributed by atoms with van der Waals surface area (Å²) in [7, 11) is 1.61. The van der Waals surface area contributed by atoms with E-state index in [1.165, 1.54) is 6.07 Å². The SMILES string of the molecule is COc1ccc(-c2cc(=O)[nH]c(Nc3ccc(Nc4ccccc4)cc3)n2)cc1. The Bertz CT molecular complexity index is 1140. The van der Waals surface area contributed by atoms with Gasteiger partial charge in [0, 0.05) is 28.7 Å². The van der Waals surface area contributed by atoms with Crippen molar-refractivity contribution in [3.05, 3.63) is 95.3 Å². The van der Waals surface area contributed by atoms with Gasteiger partial charge in [0.15, 0.2) is 0 Å². The van der Waals surface area contributed by atoms with E-state index in [4.69, 9.17) is 4.74 Å². The highest BCUT2D eigenvalue weighted by molar-refractivity contribution is 5.65. The molecule has 1 heterocycles. The van der Waals surface area contributed by atoms with Gasteiger partial charge in [-0.1, -0.05) is 18.2 Å². The van der Waals surface area contributed by atoms with Gasteiger partial charge in [-0.25, -0.2) is 4.98 Å². The highest BCUT2D eigenvalue weighted by Gasteiger charge is 2.05. The number of nitrogens with one attached hydrogen (secondary N) is 3. The number of aromatic amines is 1. The summed E-state index contributed by atoms with van der Waals surface area (Å²) in [5.74, 6) is 1.13. The van der Waals surface area contributed by atoms with Crippen LogP contribution in [0.2, 0.25) is 0 Å². The number of benzene rings is 3. The number of methoxy groups -OCH3 is 1. The molecule has 0 aliphatic heterocycles. The number of hydrogen-bond acceptors (Lipinski definition) is 5. The second-order valence-electron chi connectivity index (χ2n) is 6.40. The average Bonchev–Trinajstić information content (AvgIpc) is 2.75. The fourth-order valence-corrected chi connectivity index (χ4v) is 2.89. The summed E-state index contributed by atoms with van der Waals surface area (Å²) in [4.78, 5) is 19.3. The van der Waals surface area contributed by atoms with Gasteiger partial charge >= 0.3 is 0 Å². The first-order valence-corrected chi connectivity index (χ1v) is 9.14. The molecule has 0 fully saturated rings. The number of para-hydroxylation sites is 1.